The molecule has 0 fully saturated rings. The molecule has 0 unspecified atom stereocenters. The van der Waals surface area contributed by atoms with E-state index in [1.165, 1.54) is 61.1 Å². The number of hydrazine groups is 2. The first-order valence-corrected chi connectivity index (χ1v) is 15.8. The Kier molecular flexibility index (Phi) is 12.7. The molecule has 1 heterocycles. The number of aromatic hydroxyl groups is 3. The summed E-state index contributed by atoms with van der Waals surface area (Å²) < 4.78 is 0. The van der Waals surface area contributed by atoms with E-state index < -0.39 is 41.1 Å². The first-order chi connectivity index (χ1) is 26.5. The summed E-state index contributed by atoms with van der Waals surface area (Å²) in [6.45, 7) is -0.0413. The van der Waals surface area contributed by atoms with E-state index in [-0.39, 0.29) is 75.1 Å². The Hall–Kier alpha value is -8.17. The lowest BCUT2D eigenvalue weighted by Gasteiger charge is -2.18. The maximum absolute atomic E-state index is 13.4. The maximum atomic E-state index is 13.4. The Morgan fingerprint density at radius 3 is 1.57 bits per heavy atom. The number of carboxylic acids is 3. The highest BCUT2D eigenvalue weighted by Crippen LogP contribution is 2.27. The second-order valence-electron chi connectivity index (χ2n) is 11.6. The number of pyridine rings is 1. The van der Waals surface area contributed by atoms with Gasteiger partial charge >= 0.3 is 17.9 Å². The molecule has 290 valence electrons. The lowest BCUT2D eigenvalue weighted by Crippen LogP contribution is -2.27. The number of hydrogen-bond donors (Lipinski definition) is 13. The van der Waals surface area contributed by atoms with Crippen LogP contribution >= 0.6 is 0 Å². The number of aromatic carboxylic acids is 3. The first kappa shape index (κ1) is 40.6. The molecule has 0 spiro atoms. The Bertz CT molecular complexity index is 2210. The van der Waals surface area contributed by atoms with Gasteiger partial charge in [0, 0.05) is 61.0 Å². The molecular formula is C35H35N11O10. The van der Waals surface area contributed by atoms with Gasteiger partial charge in [-0.3, -0.25) is 14.8 Å². The molecule has 4 aromatic rings. The molecule has 0 aliphatic carbocycles. The molecule has 17 N–H and O–H groups in total. The number of hydrogen-bond acceptors (Lipinski definition) is 17. The zero-order valence-corrected chi connectivity index (χ0v) is 28.9. The van der Waals surface area contributed by atoms with Crippen molar-refractivity contribution in [3.05, 3.63) is 125 Å². The molecule has 1 aromatic heterocycles. The van der Waals surface area contributed by atoms with Gasteiger partial charge in [0.2, 0.25) is 0 Å². The highest BCUT2D eigenvalue weighted by molar-refractivity contribution is 5.96. The van der Waals surface area contributed by atoms with Crippen molar-refractivity contribution in [3.63, 3.8) is 0 Å². The SMILES string of the molecule is N=N/C(=C\Nc1ccc(C(=O)O)c(O)c1)CCNC(=O)c1cc(/C(N)=C/N(N)c2ccc(C(=O)O)c(O)c2)nc(/C(N)=C/N(N)c2ccc(C(=O)O)c(O)c2)c1. The van der Waals surface area contributed by atoms with E-state index in [1.807, 2.05) is 0 Å². The van der Waals surface area contributed by atoms with Gasteiger partial charge in [0.05, 0.1) is 39.9 Å². The van der Waals surface area contributed by atoms with Crippen molar-refractivity contribution in [1.82, 2.24) is 10.3 Å². The van der Waals surface area contributed by atoms with Crippen molar-refractivity contribution < 1.29 is 49.8 Å². The van der Waals surface area contributed by atoms with Crippen LogP contribution in [0.1, 0.15) is 59.2 Å². The topological polar surface area (TPSA) is 373 Å². The lowest BCUT2D eigenvalue weighted by atomic mass is 10.1. The molecule has 0 saturated carbocycles. The number of anilines is 3. The van der Waals surface area contributed by atoms with E-state index in [0.717, 1.165) is 34.3 Å². The number of nitrogens with two attached hydrogens (primary N) is 4. The second kappa shape index (κ2) is 17.6. The van der Waals surface area contributed by atoms with Gasteiger partial charge in [-0.2, -0.15) is 5.11 Å². The summed E-state index contributed by atoms with van der Waals surface area (Å²) in [6.07, 6.45) is 3.73. The van der Waals surface area contributed by atoms with Crippen LogP contribution in [-0.2, 0) is 0 Å². The quantitative estimate of drug-likeness (QED) is 0.0442. The summed E-state index contributed by atoms with van der Waals surface area (Å²) in [5.41, 5.74) is 19.6. The normalized spacial score (nSPS) is 11.7. The summed E-state index contributed by atoms with van der Waals surface area (Å²) in [6, 6.07) is 13.4. The van der Waals surface area contributed by atoms with Crippen LogP contribution in [0.25, 0.3) is 11.4 Å². The highest BCUT2D eigenvalue weighted by Gasteiger charge is 2.17. The number of carboxylic acid groups (broad SMARTS) is 3. The predicted octanol–water partition coefficient (Wildman–Crippen LogP) is 2.67. The molecule has 21 heteroatoms. The van der Waals surface area contributed by atoms with Crippen LogP contribution in [0.15, 0.2) is 96.1 Å². The van der Waals surface area contributed by atoms with Gasteiger partial charge in [0.15, 0.2) is 0 Å². The van der Waals surface area contributed by atoms with Gasteiger partial charge in [-0.1, -0.05) is 0 Å². The Balaban J connectivity index is 1.61. The fourth-order valence-corrected chi connectivity index (χ4v) is 4.80. The summed E-state index contributed by atoms with van der Waals surface area (Å²) in [5, 5.41) is 68.5. The zero-order chi connectivity index (χ0) is 41.3. The number of nitrogens with one attached hydrogen (secondary N) is 3. The lowest BCUT2D eigenvalue weighted by molar-refractivity contribution is 0.0682. The van der Waals surface area contributed by atoms with Gasteiger partial charge in [-0.25, -0.2) is 36.6 Å². The Morgan fingerprint density at radius 2 is 1.16 bits per heavy atom. The summed E-state index contributed by atoms with van der Waals surface area (Å²) in [4.78, 5) is 51.6. The summed E-state index contributed by atoms with van der Waals surface area (Å²) >= 11 is 0. The van der Waals surface area contributed by atoms with Crippen LogP contribution < -0.4 is 43.8 Å². The summed E-state index contributed by atoms with van der Waals surface area (Å²) in [5.74, 6) is 5.94. The van der Waals surface area contributed by atoms with Gasteiger partial charge in [-0.15, -0.1) is 0 Å². The van der Waals surface area contributed by atoms with Crippen molar-refractivity contribution >= 4 is 52.3 Å². The molecule has 56 heavy (non-hydrogen) atoms. The number of carbonyl (C=O) groups is 4. The van der Waals surface area contributed by atoms with Crippen molar-refractivity contribution in [2.75, 3.05) is 21.9 Å². The minimum Gasteiger partial charge on any atom is -0.507 e. The smallest absolute Gasteiger partial charge is 0.339 e. The van der Waals surface area contributed by atoms with Crippen LogP contribution in [-0.4, -0.2) is 66.0 Å². The van der Waals surface area contributed by atoms with E-state index in [9.17, 15) is 44.7 Å². The molecule has 21 nitrogen and oxygen atoms in total. The van der Waals surface area contributed by atoms with E-state index >= 15 is 0 Å². The fraction of sp³-hybridized carbons (Fsp3) is 0.0571. The summed E-state index contributed by atoms with van der Waals surface area (Å²) in [7, 11) is 0. The zero-order valence-electron chi connectivity index (χ0n) is 28.9. The third-order valence-electron chi connectivity index (χ3n) is 7.70. The van der Waals surface area contributed by atoms with Crippen molar-refractivity contribution in [1.29, 1.82) is 5.53 Å². The monoisotopic (exact) mass is 769 g/mol. The third kappa shape index (κ3) is 10.0. The standard InChI is InChI=1S/C35H35N11O10/c36-25(15-45(39)20-2-5-23(34(53)54)30(48)12-20)27-9-17(10-28(43-27)26(37)16-46(40)21-3-6-24(35(55)56)31(49)13-21)32(50)41-8-7-19(44-38)14-42-18-1-4-22(33(51)52)29(47)11-18/h1-6,9-16,38,42,47-49H,7-8,36-37,39-40H2,(H,41,50)(H,51,52)(H,53,54)(H,55,56)/b19-14-,25-15-,26-16-,44-38?. The van der Waals surface area contributed by atoms with E-state index in [1.54, 1.807) is 0 Å². The van der Waals surface area contributed by atoms with Gasteiger partial charge in [0.25, 0.3) is 5.91 Å². The Morgan fingerprint density at radius 1 is 0.714 bits per heavy atom. The predicted molar refractivity (Wildman–Crippen MR) is 201 cm³/mol. The van der Waals surface area contributed by atoms with Crippen LogP contribution in [0.2, 0.25) is 0 Å². The molecule has 0 atom stereocenters. The third-order valence-corrected chi connectivity index (χ3v) is 7.70. The van der Waals surface area contributed by atoms with Crippen molar-refractivity contribution in [2.24, 2.45) is 28.3 Å². The second-order valence-corrected chi connectivity index (χ2v) is 11.6. The number of rotatable bonds is 16. The number of benzene rings is 3. The van der Waals surface area contributed by atoms with Crippen LogP contribution in [0, 0.1) is 5.53 Å². The Labute approximate surface area is 316 Å². The molecule has 3 aromatic carbocycles. The fourth-order valence-electron chi connectivity index (χ4n) is 4.80. The molecule has 0 bridgehead atoms. The number of phenols is 3. The maximum Gasteiger partial charge on any atom is 0.339 e. The van der Waals surface area contributed by atoms with Gasteiger partial charge in [0.1, 0.15) is 33.9 Å². The number of nitrogens with zero attached hydrogens (tertiary/aromatic N) is 4. The minimum atomic E-state index is -1.36. The molecule has 0 saturated heterocycles. The molecule has 1 amide bonds. The van der Waals surface area contributed by atoms with Gasteiger partial charge < -0.3 is 52.7 Å². The average molecular weight is 770 g/mol. The first-order valence-electron chi connectivity index (χ1n) is 15.8. The molecular weight excluding hydrogens is 734 g/mol. The van der Waals surface area contributed by atoms with Crippen molar-refractivity contribution in [2.45, 2.75) is 6.42 Å². The van der Waals surface area contributed by atoms with Crippen LogP contribution in [0.4, 0.5) is 17.1 Å². The molecule has 4 rings (SSSR count). The number of amides is 1. The van der Waals surface area contributed by atoms with Crippen LogP contribution in [0.3, 0.4) is 0 Å². The van der Waals surface area contributed by atoms with E-state index in [4.69, 9.17) is 33.8 Å². The average Bonchev–Trinajstić information content (AvgIpc) is 3.15. The highest BCUT2D eigenvalue weighted by atomic mass is 16.4. The molecule has 0 aliphatic rings. The van der Waals surface area contributed by atoms with Crippen LogP contribution in [0.5, 0.6) is 17.2 Å². The van der Waals surface area contributed by atoms with E-state index in [0.29, 0.717) is 5.69 Å². The number of aromatic nitrogens is 1. The molecule has 0 radical (unpaired) electrons. The van der Waals surface area contributed by atoms with E-state index in [2.05, 4.69) is 20.7 Å². The molecule has 0 aliphatic heterocycles. The largest absolute Gasteiger partial charge is 0.507 e. The number of carbonyl (C=O) groups excluding carboxylic acids is 1. The van der Waals surface area contributed by atoms with Crippen molar-refractivity contribution in [3.8, 4) is 17.2 Å². The minimum absolute atomic E-state index is 0.0165. The van der Waals surface area contributed by atoms with Gasteiger partial charge in [-0.05, 0) is 48.5 Å².